The summed E-state index contributed by atoms with van der Waals surface area (Å²) in [5, 5.41) is 0. The Balaban J connectivity index is 6.28. The second-order valence-corrected chi connectivity index (χ2v) is 7.33. The maximum atomic E-state index is 13.6. The van der Waals surface area contributed by atoms with Gasteiger partial charge in [-0.1, -0.05) is 6.58 Å². The Labute approximate surface area is 192 Å². The third-order valence-electron chi connectivity index (χ3n) is 4.36. The summed E-state index contributed by atoms with van der Waals surface area (Å²) in [4.78, 5) is 10.9. The zero-order valence-corrected chi connectivity index (χ0v) is 17.3. The van der Waals surface area contributed by atoms with Gasteiger partial charge in [-0.05, 0) is 6.92 Å². The van der Waals surface area contributed by atoms with E-state index in [9.17, 15) is 88.2 Å². The van der Waals surface area contributed by atoms with Crippen LogP contribution in [0.2, 0.25) is 0 Å². The van der Waals surface area contributed by atoms with Crippen molar-refractivity contribution in [3.63, 3.8) is 0 Å². The van der Waals surface area contributed by atoms with E-state index in [-0.39, 0.29) is 0 Å². The van der Waals surface area contributed by atoms with E-state index in [4.69, 9.17) is 0 Å². The van der Waals surface area contributed by atoms with Crippen LogP contribution >= 0.6 is 0 Å². The quantitative estimate of drug-likeness (QED) is 0.132. The van der Waals surface area contributed by atoms with Gasteiger partial charge in [0.25, 0.3) is 0 Å². The molecule has 0 heterocycles. The van der Waals surface area contributed by atoms with Crippen LogP contribution in [0.15, 0.2) is 12.2 Å². The monoisotopic (exact) mass is 596 g/mol. The molecular weight excluding hydrogens is 585 g/mol. The molecule has 37 heavy (non-hydrogen) atoms. The number of ether oxygens (including phenoxy) is 1. The molecule has 220 valence electrons. The summed E-state index contributed by atoms with van der Waals surface area (Å²) in [5.41, 5.74) is -0.581. The zero-order valence-electron chi connectivity index (χ0n) is 17.3. The van der Waals surface area contributed by atoms with Crippen molar-refractivity contribution in [1.29, 1.82) is 0 Å². The molecule has 0 rings (SSSR count). The number of carbonyl (C=O) groups is 1. The first-order chi connectivity index (χ1) is 15.8. The molecule has 0 unspecified atom stereocenters. The summed E-state index contributed by atoms with van der Waals surface area (Å²) in [5.74, 6) is -63.6. The van der Waals surface area contributed by atoms with Crippen LogP contribution in [-0.4, -0.2) is 66.1 Å². The molecule has 0 saturated carbocycles. The van der Waals surface area contributed by atoms with E-state index >= 15 is 0 Å². The van der Waals surface area contributed by atoms with Gasteiger partial charge in [-0.3, -0.25) is 0 Å². The smallest absolute Gasteiger partial charge is 0.460 e. The normalized spacial score (nSPS) is 15.6. The number of hydrogen-bond acceptors (Lipinski definition) is 2. The Hall–Kier alpha value is -2.12. The summed E-state index contributed by atoms with van der Waals surface area (Å²) in [6, 6.07) is 0. The lowest BCUT2D eigenvalue weighted by Gasteiger charge is -2.41. The second kappa shape index (κ2) is 9.57. The minimum absolute atomic E-state index is 0.581. The van der Waals surface area contributed by atoms with Crippen LogP contribution in [0.3, 0.4) is 0 Å². The maximum absolute atomic E-state index is 13.6. The van der Waals surface area contributed by atoms with Crippen LogP contribution in [0, 0.1) is 0 Å². The molecule has 0 N–H and O–H groups in total. The zero-order chi connectivity index (χ0) is 30.5. The second-order valence-electron chi connectivity index (χ2n) is 7.33. The molecule has 0 aliphatic carbocycles. The van der Waals surface area contributed by atoms with E-state index in [0.29, 0.717) is 0 Å². The molecule has 21 heteroatoms. The van der Waals surface area contributed by atoms with Gasteiger partial charge >= 0.3 is 59.5 Å². The van der Waals surface area contributed by atoms with Gasteiger partial charge in [0.05, 0.1) is 19.4 Å². The van der Waals surface area contributed by atoms with Crippen molar-refractivity contribution in [3.05, 3.63) is 12.2 Å². The Morgan fingerprint density at radius 1 is 0.568 bits per heavy atom. The largest absolute Gasteiger partial charge is 0.462 e. The molecule has 0 fully saturated rings. The Bertz CT molecular complexity index is 855. The predicted octanol–water partition coefficient (Wildman–Crippen LogP) is 7.53. The highest BCUT2D eigenvalue weighted by molar-refractivity contribution is 5.86. The van der Waals surface area contributed by atoms with Crippen molar-refractivity contribution in [3.8, 4) is 0 Å². The highest BCUT2D eigenvalue weighted by Crippen LogP contribution is 2.61. The van der Waals surface area contributed by atoms with E-state index in [1.807, 2.05) is 0 Å². The van der Waals surface area contributed by atoms with Gasteiger partial charge in [-0.15, -0.1) is 0 Å². The van der Waals surface area contributed by atoms with Gasteiger partial charge in [0.2, 0.25) is 0 Å². The standard InChI is InChI=1S/C16H11F19O2/c1-6(2)7(36)37-4-3-8(17,18)11(23,24)12(25,26)9(19,20)5-10(21,22)13(27,28)14(29,30)15(31,32)16(33,34)35/h1,3-5H2,2H3. The first-order valence-electron chi connectivity index (χ1n) is 8.70. The third kappa shape index (κ3) is 5.68. The number of esters is 1. The number of halogens is 19. The molecule has 0 aromatic heterocycles. The molecule has 0 amide bonds. The SMILES string of the molecule is C=C(C)C(=O)OCCC(F)(F)C(F)(F)C(F)(F)C(F)(F)CC(F)(F)C(F)(F)C(F)(F)C(F)(F)C(F)(F)F. The van der Waals surface area contributed by atoms with Crippen LogP contribution in [0.4, 0.5) is 83.4 Å². The molecule has 0 aromatic rings. The molecule has 0 atom stereocenters. The lowest BCUT2D eigenvalue weighted by Crippen LogP contribution is -2.69. The molecule has 0 saturated heterocycles. The van der Waals surface area contributed by atoms with Gasteiger partial charge in [-0.2, -0.15) is 83.4 Å². The molecule has 0 radical (unpaired) electrons. The first-order valence-corrected chi connectivity index (χ1v) is 8.70. The first kappa shape index (κ1) is 34.9. The highest BCUT2D eigenvalue weighted by Gasteiger charge is 2.89. The molecule has 0 aromatic carbocycles. The van der Waals surface area contributed by atoms with Gasteiger partial charge in [-0.25, -0.2) is 4.79 Å². The van der Waals surface area contributed by atoms with Crippen molar-refractivity contribution in [2.75, 3.05) is 6.61 Å². The summed E-state index contributed by atoms with van der Waals surface area (Å²) in [6.07, 6.45) is -15.6. The number of rotatable bonds is 12. The Kier molecular flexibility index (Phi) is 9.02. The highest BCUT2D eigenvalue weighted by atomic mass is 19.4. The fraction of sp³-hybridized carbons (Fsp3) is 0.812. The molecular formula is C16H11F19O2. The fourth-order valence-corrected chi connectivity index (χ4v) is 2.12. The van der Waals surface area contributed by atoms with Crippen molar-refractivity contribution in [2.45, 2.75) is 73.3 Å². The summed E-state index contributed by atoms with van der Waals surface area (Å²) >= 11 is 0. The number of alkyl halides is 19. The van der Waals surface area contributed by atoms with Crippen LogP contribution in [-0.2, 0) is 9.53 Å². The third-order valence-corrected chi connectivity index (χ3v) is 4.36. The molecule has 0 bridgehead atoms. The van der Waals surface area contributed by atoms with E-state index in [0.717, 1.165) is 6.92 Å². The van der Waals surface area contributed by atoms with Crippen molar-refractivity contribution in [2.24, 2.45) is 0 Å². The number of hydrogen-bond donors (Lipinski definition) is 0. The lowest BCUT2D eigenvalue weighted by molar-refractivity contribution is -0.431. The van der Waals surface area contributed by atoms with Gasteiger partial charge in [0.15, 0.2) is 0 Å². The molecule has 0 aliphatic heterocycles. The molecule has 0 spiro atoms. The average molecular weight is 596 g/mol. The van der Waals surface area contributed by atoms with E-state index in [1.54, 1.807) is 0 Å². The van der Waals surface area contributed by atoms with Crippen molar-refractivity contribution in [1.82, 2.24) is 0 Å². The van der Waals surface area contributed by atoms with Crippen LogP contribution in [0.1, 0.15) is 19.8 Å². The van der Waals surface area contributed by atoms with E-state index in [1.165, 1.54) is 0 Å². The van der Waals surface area contributed by atoms with E-state index < -0.39 is 84.5 Å². The summed E-state index contributed by atoms with van der Waals surface area (Å²) in [7, 11) is 0. The Morgan fingerprint density at radius 3 is 1.22 bits per heavy atom. The number of carbonyl (C=O) groups excluding carboxylic acids is 1. The van der Waals surface area contributed by atoms with Crippen LogP contribution in [0.5, 0.6) is 0 Å². The van der Waals surface area contributed by atoms with Crippen molar-refractivity contribution < 1.29 is 92.9 Å². The molecule has 2 nitrogen and oxygen atoms in total. The van der Waals surface area contributed by atoms with Crippen LogP contribution in [0.25, 0.3) is 0 Å². The van der Waals surface area contributed by atoms with Crippen LogP contribution < -0.4 is 0 Å². The topological polar surface area (TPSA) is 26.3 Å². The lowest BCUT2D eigenvalue weighted by atomic mass is 9.89. The van der Waals surface area contributed by atoms with Gasteiger partial charge in [0, 0.05) is 5.57 Å². The molecule has 0 aliphatic rings. The predicted molar refractivity (Wildman–Crippen MR) is 80.6 cm³/mol. The summed E-state index contributed by atoms with van der Waals surface area (Å²) < 4.78 is 254. The minimum Gasteiger partial charge on any atom is -0.462 e. The van der Waals surface area contributed by atoms with Crippen molar-refractivity contribution >= 4 is 5.97 Å². The maximum Gasteiger partial charge on any atom is 0.460 e. The average Bonchev–Trinajstić information content (AvgIpc) is 2.64. The Morgan fingerprint density at radius 2 is 0.892 bits per heavy atom. The van der Waals surface area contributed by atoms with E-state index in [2.05, 4.69) is 11.3 Å². The fourth-order valence-electron chi connectivity index (χ4n) is 2.12. The summed E-state index contributed by atoms with van der Waals surface area (Å²) in [6.45, 7) is 1.78. The minimum atomic E-state index is -8.35. The van der Waals surface area contributed by atoms with Gasteiger partial charge in [0.1, 0.15) is 0 Å². The van der Waals surface area contributed by atoms with Gasteiger partial charge < -0.3 is 4.74 Å².